The number of nitrogens with zero attached hydrogens (tertiary/aromatic N) is 2. The lowest BCUT2D eigenvalue weighted by Gasteiger charge is -2.37. The van der Waals surface area contributed by atoms with Crippen LogP contribution in [0.3, 0.4) is 0 Å². The van der Waals surface area contributed by atoms with Crippen LogP contribution in [-0.4, -0.2) is 0 Å². The lowest BCUT2D eigenvalue weighted by molar-refractivity contribution is 0.329. The molecule has 0 saturated carbocycles. The first kappa shape index (κ1) is 48.1. The van der Waals surface area contributed by atoms with Crippen LogP contribution in [0.25, 0.3) is 34.6 Å². The van der Waals surface area contributed by atoms with E-state index in [0.717, 1.165) is 72.3 Å². The van der Waals surface area contributed by atoms with E-state index in [4.69, 9.17) is 0 Å². The number of aryl methyl sites for hydroxylation is 1. The highest BCUT2D eigenvalue weighted by Crippen LogP contribution is 2.58. The Kier molecular flexibility index (Phi) is 13.9. The van der Waals surface area contributed by atoms with Gasteiger partial charge in [-0.05, 0) is 192 Å². The Morgan fingerprint density at radius 2 is 1.49 bits per heavy atom. The maximum Gasteiger partial charge on any atom is 0.0998 e. The lowest BCUT2D eigenvalue weighted by atomic mass is 9.70. The van der Waals surface area contributed by atoms with E-state index < -0.39 is 0 Å². The van der Waals surface area contributed by atoms with Crippen LogP contribution in [-0.2, 0) is 12.8 Å². The molecule has 6 aromatic rings. The van der Waals surface area contributed by atoms with Gasteiger partial charge in [0.1, 0.15) is 0 Å². The molecule has 364 valence electrons. The van der Waals surface area contributed by atoms with Crippen LogP contribution in [0.4, 0.5) is 11.4 Å². The van der Waals surface area contributed by atoms with Gasteiger partial charge >= 0.3 is 0 Å². The molecule has 4 unspecified atom stereocenters. The number of rotatable bonds is 15. The molecule has 5 aliphatic rings. The fourth-order valence-corrected chi connectivity index (χ4v) is 13.5. The summed E-state index contributed by atoms with van der Waals surface area (Å²) in [6.45, 7) is 13.6. The molecule has 0 N–H and O–H groups in total. The van der Waals surface area contributed by atoms with Gasteiger partial charge in [0, 0.05) is 22.2 Å². The number of nitriles is 1. The highest BCUT2D eigenvalue weighted by atomic mass is 15.2. The first-order valence-corrected chi connectivity index (χ1v) is 27.3. The normalized spacial score (nSPS) is 20.6. The van der Waals surface area contributed by atoms with Crippen molar-refractivity contribution in [3.8, 4) is 17.2 Å². The first-order valence-electron chi connectivity index (χ1n) is 27.3. The number of benzene rings is 6. The Labute approximate surface area is 435 Å². The molecule has 0 aliphatic heterocycles. The molecule has 73 heavy (non-hydrogen) atoms. The van der Waals surface area contributed by atoms with Crippen molar-refractivity contribution in [1.29, 1.82) is 5.26 Å². The standard InChI is InChI=1S/C71H70N2/c1-5-17-53(60-42-51(20-16-26-52-21-10-9-18-49(52)2)43-61(46-60)58-32-31-55-24-11-12-25-57(55)45-58)27-15-19-50-30-39-65-66-40-38-63(47-69(66)71(3,4)68(65)44-50)73(62-36-33-56(34-37-62)54-22-7-6-8-23-54)70-41-35-59(48-72)64-28-13-14-29-67(64)70/h5-14,18,21-26,28-29,33-38,40-44,53,58,61,69H,1-2,15-17,19-20,27,30-32,39,45-47H2,3-4H3/b52-26-. The van der Waals surface area contributed by atoms with Crippen molar-refractivity contribution in [1.82, 2.24) is 0 Å². The SMILES string of the molecule is C=CCC(CCCC1=CC2=C(CC1)C1=CC=C(N(c3ccc(-c4ccccc4)cc3)c3ccc(C#N)c4ccccc34)CC1C2(C)C)C1=CC(CC/C=c2/ccccc2=C)=CC(C2CCc3ccccc3C2)C1. The summed E-state index contributed by atoms with van der Waals surface area (Å²) in [5, 5.41) is 14.6. The van der Waals surface area contributed by atoms with E-state index in [2.05, 4.69) is 208 Å². The Bertz CT molecular complexity index is 3420. The van der Waals surface area contributed by atoms with Crippen LogP contribution in [0.5, 0.6) is 0 Å². The average molecular weight is 951 g/mol. The van der Waals surface area contributed by atoms with E-state index in [1.165, 1.54) is 71.7 Å². The maximum absolute atomic E-state index is 10.1. The molecule has 5 aliphatic carbocycles. The maximum atomic E-state index is 10.1. The predicted molar refractivity (Wildman–Crippen MR) is 308 cm³/mol. The third-order valence-corrected chi connectivity index (χ3v) is 17.4. The van der Waals surface area contributed by atoms with Gasteiger partial charge in [0.15, 0.2) is 0 Å². The minimum atomic E-state index is -0.00920. The summed E-state index contributed by atoms with van der Waals surface area (Å²) in [5.74, 6) is 2.16. The van der Waals surface area contributed by atoms with Crippen molar-refractivity contribution in [3.05, 3.63) is 249 Å². The van der Waals surface area contributed by atoms with Crippen molar-refractivity contribution in [3.63, 3.8) is 0 Å². The van der Waals surface area contributed by atoms with E-state index in [1.807, 2.05) is 12.1 Å². The third kappa shape index (κ3) is 9.88. The molecule has 0 saturated heterocycles. The summed E-state index contributed by atoms with van der Waals surface area (Å²) in [6.07, 6.45) is 32.1. The van der Waals surface area contributed by atoms with Crippen molar-refractivity contribution >= 4 is 34.8 Å². The van der Waals surface area contributed by atoms with Crippen molar-refractivity contribution < 1.29 is 0 Å². The molecule has 4 atom stereocenters. The number of hydrogen-bond donors (Lipinski definition) is 0. The summed E-state index contributed by atoms with van der Waals surface area (Å²) in [6, 6.07) is 52.4. The van der Waals surface area contributed by atoms with Crippen LogP contribution in [0, 0.1) is 40.4 Å². The monoisotopic (exact) mass is 951 g/mol. The van der Waals surface area contributed by atoms with Gasteiger partial charge in [-0.15, -0.1) is 6.58 Å². The van der Waals surface area contributed by atoms with Gasteiger partial charge in [0.25, 0.3) is 0 Å². The Balaban J connectivity index is 0.829. The minimum Gasteiger partial charge on any atom is -0.314 e. The Morgan fingerprint density at radius 1 is 0.740 bits per heavy atom. The molecule has 11 rings (SSSR count). The Morgan fingerprint density at radius 3 is 2.30 bits per heavy atom. The smallest absolute Gasteiger partial charge is 0.0998 e. The second kappa shape index (κ2) is 21.1. The quantitative estimate of drug-likeness (QED) is 0.0959. The molecular formula is C71H70N2. The highest BCUT2D eigenvalue weighted by molar-refractivity contribution is 6.00. The molecule has 0 bridgehead atoms. The van der Waals surface area contributed by atoms with E-state index in [-0.39, 0.29) is 5.41 Å². The molecule has 2 heteroatoms. The zero-order valence-electron chi connectivity index (χ0n) is 43.1. The van der Waals surface area contributed by atoms with Crippen LogP contribution in [0.15, 0.2) is 222 Å². The van der Waals surface area contributed by atoms with Crippen molar-refractivity contribution in [2.75, 3.05) is 4.90 Å². The molecule has 0 aromatic heterocycles. The van der Waals surface area contributed by atoms with E-state index in [1.54, 1.807) is 33.4 Å². The largest absolute Gasteiger partial charge is 0.314 e. The number of allylic oxidation sites excluding steroid dienone is 13. The van der Waals surface area contributed by atoms with Gasteiger partial charge in [-0.1, -0.05) is 189 Å². The molecule has 2 nitrogen and oxygen atoms in total. The molecule has 0 spiro atoms. The second-order valence-corrected chi connectivity index (χ2v) is 22.1. The molecule has 0 radical (unpaired) electrons. The fraction of sp³-hybridized carbons (Fsp3) is 0.282. The highest BCUT2D eigenvalue weighted by Gasteiger charge is 2.46. The van der Waals surface area contributed by atoms with Crippen molar-refractivity contribution in [2.24, 2.45) is 29.1 Å². The molecular weight excluding hydrogens is 881 g/mol. The van der Waals surface area contributed by atoms with Gasteiger partial charge < -0.3 is 4.90 Å². The van der Waals surface area contributed by atoms with Crippen LogP contribution < -0.4 is 15.3 Å². The lowest BCUT2D eigenvalue weighted by Crippen LogP contribution is -2.28. The Hall–Kier alpha value is -7.21. The summed E-state index contributed by atoms with van der Waals surface area (Å²) in [5.41, 5.74) is 19.2. The molecule has 0 fully saturated rings. The zero-order chi connectivity index (χ0) is 49.9. The molecule has 6 aromatic carbocycles. The minimum absolute atomic E-state index is 0.00920. The fourth-order valence-electron chi connectivity index (χ4n) is 13.5. The van der Waals surface area contributed by atoms with Gasteiger partial charge in [-0.25, -0.2) is 0 Å². The van der Waals surface area contributed by atoms with E-state index in [0.29, 0.717) is 29.2 Å². The topological polar surface area (TPSA) is 27.0 Å². The summed E-state index contributed by atoms with van der Waals surface area (Å²) in [4.78, 5) is 2.47. The molecule has 0 heterocycles. The number of anilines is 2. The predicted octanol–water partition coefficient (Wildman–Crippen LogP) is 17.1. The second-order valence-electron chi connectivity index (χ2n) is 22.1. The van der Waals surface area contributed by atoms with Gasteiger partial charge in [0.2, 0.25) is 0 Å². The van der Waals surface area contributed by atoms with Gasteiger partial charge in [-0.3, -0.25) is 0 Å². The van der Waals surface area contributed by atoms with Crippen molar-refractivity contribution in [2.45, 2.75) is 97.3 Å². The van der Waals surface area contributed by atoms with Crippen LogP contribution in [0.1, 0.15) is 101 Å². The third-order valence-electron chi connectivity index (χ3n) is 17.4. The van der Waals surface area contributed by atoms with E-state index >= 15 is 0 Å². The summed E-state index contributed by atoms with van der Waals surface area (Å²) >= 11 is 0. The van der Waals surface area contributed by atoms with Crippen LogP contribution in [0.2, 0.25) is 0 Å². The zero-order valence-corrected chi connectivity index (χ0v) is 43.1. The van der Waals surface area contributed by atoms with Gasteiger partial charge in [0.05, 0.1) is 17.3 Å². The van der Waals surface area contributed by atoms with Gasteiger partial charge in [-0.2, -0.15) is 5.26 Å². The first-order chi connectivity index (χ1) is 35.7. The van der Waals surface area contributed by atoms with E-state index in [9.17, 15) is 5.26 Å². The number of hydrogen-bond acceptors (Lipinski definition) is 2. The molecule has 0 amide bonds. The average Bonchev–Trinajstić information content (AvgIpc) is 3.65. The van der Waals surface area contributed by atoms with Crippen LogP contribution >= 0.6 is 0 Å². The summed E-state index contributed by atoms with van der Waals surface area (Å²) in [7, 11) is 0. The summed E-state index contributed by atoms with van der Waals surface area (Å²) < 4.78 is 0. The number of fused-ring (bicyclic) bond motifs is 4.